The van der Waals surface area contributed by atoms with Crippen molar-refractivity contribution in [2.75, 3.05) is 16.8 Å². The summed E-state index contributed by atoms with van der Waals surface area (Å²) in [5.41, 5.74) is 3.24. The van der Waals surface area contributed by atoms with Gasteiger partial charge in [-0.1, -0.05) is 12.1 Å². The van der Waals surface area contributed by atoms with Gasteiger partial charge in [0.05, 0.1) is 0 Å². The van der Waals surface area contributed by atoms with Gasteiger partial charge >= 0.3 is 0 Å². The summed E-state index contributed by atoms with van der Waals surface area (Å²) in [6.07, 6.45) is 2.32. The minimum absolute atomic E-state index is 0.279. The fourth-order valence-corrected chi connectivity index (χ4v) is 3.44. The number of halogens is 1. The molecule has 0 bridgehead atoms. The Bertz CT molecular complexity index is 843. The lowest BCUT2D eigenvalue weighted by Crippen LogP contribution is -2.37. The van der Waals surface area contributed by atoms with Crippen LogP contribution in [0.2, 0.25) is 0 Å². The minimum atomic E-state index is -0.848. The van der Waals surface area contributed by atoms with Crippen molar-refractivity contribution in [1.82, 2.24) is 0 Å². The first-order valence-corrected chi connectivity index (χ1v) is 8.60. The lowest BCUT2D eigenvalue weighted by Gasteiger charge is -2.24. The number of likely N-dealkylation sites (N-methyl/N-ethyl adjacent to an activating group) is 1. The van der Waals surface area contributed by atoms with E-state index in [9.17, 15) is 14.0 Å². The molecule has 1 aliphatic heterocycles. The van der Waals surface area contributed by atoms with Gasteiger partial charge in [-0.15, -0.1) is 0 Å². The molecule has 1 fully saturated rings. The lowest BCUT2D eigenvalue weighted by molar-refractivity contribution is -0.126. The number of carbonyl (C=O) groups excluding carboxylic acids is 2. The van der Waals surface area contributed by atoms with E-state index in [2.05, 4.69) is 5.32 Å². The minimum Gasteiger partial charge on any atom is -0.325 e. The zero-order chi connectivity index (χ0) is 17.6. The van der Waals surface area contributed by atoms with Crippen LogP contribution in [0.15, 0.2) is 42.5 Å². The van der Waals surface area contributed by atoms with Crippen molar-refractivity contribution in [2.45, 2.75) is 31.6 Å². The number of nitrogens with zero attached hydrogens (tertiary/aromatic N) is 1. The summed E-state index contributed by atoms with van der Waals surface area (Å²) in [6.45, 7) is 2.25. The molecule has 1 N–H and O–H groups in total. The number of fused-ring (bicyclic) bond motifs is 1. The molecule has 1 atom stereocenters. The normalized spacial score (nSPS) is 18.6. The van der Waals surface area contributed by atoms with Gasteiger partial charge in [-0.05, 0) is 67.1 Å². The van der Waals surface area contributed by atoms with E-state index in [4.69, 9.17) is 0 Å². The molecule has 1 heterocycles. The van der Waals surface area contributed by atoms with Crippen molar-refractivity contribution in [2.24, 2.45) is 0 Å². The molecule has 1 saturated carbocycles. The maximum atomic E-state index is 13.2. The molecular formula is C20H19FN2O2. The molecule has 2 aromatic rings. The number of hydrogen-bond acceptors (Lipinski definition) is 2. The van der Waals surface area contributed by atoms with Crippen LogP contribution in [0, 0.1) is 5.82 Å². The first kappa shape index (κ1) is 15.8. The first-order valence-electron chi connectivity index (χ1n) is 8.60. The van der Waals surface area contributed by atoms with Gasteiger partial charge in [0.2, 0.25) is 11.8 Å². The van der Waals surface area contributed by atoms with Crippen molar-refractivity contribution < 1.29 is 14.0 Å². The van der Waals surface area contributed by atoms with Crippen LogP contribution in [0.1, 0.15) is 42.7 Å². The largest absolute Gasteiger partial charge is 0.325 e. The number of rotatable bonds is 4. The topological polar surface area (TPSA) is 49.4 Å². The molecule has 0 radical (unpaired) electrons. The third kappa shape index (κ3) is 2.80. The molecule has 25 heavy (non-hydrogen) atoms. The second kappa shape index (κ2) is 5.99. The number of nitrogens with one attached hydrogen (secondary N) is 1. The molecule has 0 spiro atoms. The van der Waals surface area contributed by atoms with Gasteiger partial charge in [0.1, 0.15) is 11.7 Å². The van der Waals surface area contributed by atoms with E-state index in [1.807, 2.05) is 25.1 Å². The summed E-state index contributed by atoms with van der Waals surface area (Å²) in [5.74, 6) is -1.23. The molecule has 2 aliphatic rings. The molecule has 1 unspecified atom stereocenters. The molecule has 0 aromatic heterocycles. The summed E-state index contributed by atoms with van der Waals surface area (Å²) in [5, 5.41) is 2.81. The fourth-order valence-electron chi connectivity index (χ4n) is 3.44. The fraction of sp³-hybridized carbons (Fsp3) is 0.300. The standard InChI is InChI=1S/C20H19FN2O2/c1-2-23(15-8-6-14(21)7-9-15)20(25)18-16-11-13(12-3-4-12)5-10-17(16)22-19(18)24/h5-12,18H,2-4H2,1H3,(H,22,24). The Kier molecular flexibility index (Phi) is 3.79. The van der Waals surface area contributed by atoms with Gasteiger partial charge in [-0.25, -0.2) is 4.39 Å². The molecule has 128 valence electrons. The van der Waals surface area contributed by atoms with Gasteiger partial charge in [-0.3, -0.25) is 9.59 Å². The van der Waals surface area contributed by atoms with Crippen LogP contribution in [0.3, 0.4) is 0 Å². The van der Waals surface area contributed by atoms with E-state index in [1.54, 1.807) is 12.1 Å². The summed E-state index contributed by atoms with van der Waals surface area (Å²) in [6, 6.07) is 11.7. The van der Waals surface area contributed by atoms with Gasteiger partial charge in [0, 0.05) is 17.9 Å². The van der Waals surface area contributed by atoms with E-state index in [0.29, 0.717) is 23.8 Å². The molecule has 0 saturated heterocycles. The summed E-state index contributed by atoms with van der Waals surface area (Å²) in [4.78, 5) is 27.1. The van der Waals surface area contributed by atoms with Gasteiger partial charge < -0.3 is 10.2 Å². The Morgan fingerprint density at radius 3 is 2.56 bits per heavy atom. The smallest absolute Gasteiger partial charge is 0.244 e. The Morgan fingerprint density at radius 2 is 1.92 bits per heavy atom. The van der Waals surface area contributed by atoms with Crippen LogP contribution in [-0.4, -0.2) is 18.4 Å². The predicted octanol–water partition coefficient (Wildman–Crippen LogP) is 3.79. The third-order valence-corrected chi connectivity index (χ3v) is 4.92. The summed E-state index contributed by atoms with van der Waals surface area (Å²) in [7, 11) is 0. The summed E-state index contributed by atoms with van der Waals surface area (Å²) < 4.78 is 13.2. The third-order valence-electron chi connectivity index (χ3n) is 4.92. The van der Waals surface area contributed by atoms with Crippen molar-refractivity contribution in [3.05, 3.63) is 59.4 Å². The highest BCUT2D eigenvalue weighted by Crippen LogP contribution is 2.43. The van der Waals surface area contributed by atoms with Crippen LogP contribution < -0.4 is 10.2 Å². The van der Waals surface area contributed by atoms with Gasteiger partial charge in [0.25, 0.3) is 0 Å². The molecule has 4 nitrogen and oxygen atoms in total. The highest BCUT2D eigenvalue weighted by Gasteiger charge is 2.39. The molecule has 5 heteroatoms. The molecule has 2 amide bonds. The van der Waals surface area contributed by atoms with Crippen molar-refractivity contribution in [3.63, 3.8) is 0 Å². The highest BCUT2D eigenvalue weighted by atomic mass is 19.1. The van der Waals surface area contributed by atoms with Crippen LogP contribution in [-0.2, 0) is 9.59 Å². The maximum absolute atomic E-state index is 13.2. The van der Waals surface area contributed by atoms with Crippen LogP contribution in [0.4, 0.5) is 15.8 Å². The zero-order valence-electron chi connectivity index (χ0n) is 14.0. The molecule has 1 aliphatic carbocycles. The second-order valence-electron chi connectivity index (χ2n) is 6.60. The van der Waals surface area contributed by atoms with Gasteiger partial charge in [-0.2, -0.15) is 0 Å². The van der Waals surface area contributed by atoms with E-state index in [0.717, 1.165) is 18.4 Å². The predicted molar refractivity (Wildman–Crippen MR) is 94.2 cm³/mol. The second-order valence-corrected chi connectivity index (χ2v) is 6.60. The SMILES string of the molecule is CCN(C(=O)C1C(=O)Nc2ccc(C3CC3)cc21)c1ccc(F)cc1. The quantitative estimate of drug-likeness (QED) is 0.862. The molecule has 2 aromatic carbocycles. The van der Waals surface area contributed by atoms with Crippen LogP contribution >= 0.6 is 0 Å². The Labute approximate surface area is 145 Å². The molecule has 4 rings (SSSR count). The number of hydrogen-bond donors (Lipinski definition) is 1. The Morgan fingerprint density at radius 1 is 1.20 bits per heavy atom. The van der Waals surface area contributed by atoms with E-state index in [1.165, 1.54) is 22.6 Å². The Balaban J connectivity index is 1.68. The van der Waals surface area contributed by atoms with Crippen LogP contribution in [0.25, 0.3) is 0 Å². The highest BCUT2D eigenvalue weighted by molar-refractivity contribution is 6.20. The average Bonchev–Trinajstić information content (AvgIpc) is 3.39. The maximum Gasteiger partial charge on any atom is 0.244 e. The van der Waals surface area contributed by atoms with E-state index in [-0.39, 0.29) is 17.6 Å². The first-order chi connectivity index (χ1) is 12.1. The average molecular weight is 338 g/mol. The van der Waals surface area contributed by atoms with Crippen molar-refractivity contribution in [1.29, 1.82) is 0 Å². The van der Waals surface area contributed by atoms with Crippen molar-refractivity contribution in [3.8, 4) is 0 Å². The van der Waals surface area contributed by atoms with E-state index < -0.39 is 5.92 Å². The number of anilines is 2. The number of amides is 2. The van der Waals surface area contributed by atoms with Crippen molar-refractivity contribution >= 4 is 23.2 Å². The van der Waals surface area contributed by atoms with E-state index >= 15 is 0 Å². The summed E-state index contributed by atoms with van der Waals surface area (Å²) >= 11 is 0. The number of carbonyl (C=O) groups is 2. The molecular weight excluding hydrogens is 319 g/mol. The Hall–Kier alpha value is -2.69. The zero-order valence-corrected chi connectivity index (χ0v) is 14.0. The van der Waals surface area contributed by atoms with Gasteiger partial charge in [0.15, 0.2) is 0 Å². The monoisotopic (exact) mass is 338 g/mol. The number of benzene rings is 2. The van der Waals surface area contributed by atoms with Crippen LogP contribution in [0.5, 0.6) is 0 Å². The lowest BCUT2D eigenvalue weighted by atomic mass is 9.95.